The molecular formula is C22H19N5OS. The minimum atomic E-state index is -0.238. The third-order valence-corrected chi connectivity index (χ3v) is 5.17. The van der Waals surface area contributed by atoms with Crippen molar-refractivity contribution in [3.05, 3.63) is 83.1 Å². The maximum absolute atomic E-state index is 12.4. The molecule has 0 aliphatic rings. The van der Waals surface area contributed by atoms with Crippen molar-refractivity contribution in [1.82, 2.24) is 19.7 Å². The van der Waals surface area contributed by atoms with E-state index < -0.39 is 0 Å². The van der Waals surface area contributed by atoms with Crippen LogP contribution in [0, 0.1) is 13.8 Å². The number of hydrogen-bond donors (Lipinski definition) is 1. The van der Waals surface area contributed by atoms with Gasteiger partial charge in [0.1, 0.15) is 5.69 Å². The van der Waals surface area contributed by atoms with Gasteiger partial charge >= 0.3 is 0 Å². The Hall–Kier alpha value is -3.58. The SMILES string of the molecule is Cc1nn(-c2ccccc2)c(C)c1/C=C/C(=O)Nc1nc(-c2ccccn2)cs1. The first-order chi connectivity index (χ1) is 14.1. The molecule has 0 fully saturated rings. The number of aromatic nitrogens is 4. The first kappa shape index (κ1) is 18.8. The first-order valence-corrected chi connectivity index (χ1v) is 9.97. The number of para-hydroxylation sites is 1. The number of amides is 1. The lowest BCUT2D eigenvalue weighted by molar-refractivity contribution is -0.111. The Kier molecular flexibility index (Phi) is 5.31. The summed E-state index contributed by atoms with van der Waals surface area (Å²) in [7, 11) is 0. The summed E-state index contributed by atoms with van der Waals surface area (Å²) in [5.41, 5.74) is 5.27. The zero-order chi connectivity index (χ0) is 20.2. The van der Waals surface area contributed by atoms with E-state index in [0.717, 1.165) is 34.0 Å². The van der Waals surface area contributed by atoms with Gasteiger partial charge in [-0.05, 0) is 44.2 Å². The Morgan fingerprint density at radius 3 is 2.62 bits per heavy atom. The lowest BCUT2D eigenvalue weighted by Gasteiger charge is -2.03. The number of pyridine rings is 1. The van der Waals surface area contributed by atoms with E-state index in [0.29, 0.717) is 5.13 Å². The van der Waals surface area contributed by atoms with Gasteiger partial charge in [-0.3, -0.25) is 15.1 Å². The standard InChI is InChI=1S/C22H19N5OS/c1-15-18(16(2)27(26-15)17-8-4-3-5-9-17)11-12-21(28)25-22-24-20(14-29-22)19-10-6-7-13-23-19/h3-14H,1-2H3,(H,24,25,28)/b12-11+. The average Bonchev–Trinajstić information content (AvgIpc) is 3.32. The summed E-state index contributed by atoms with van der Waals surface area (Å²) in [4.78, 5) is 21.1. The average molecular weight is 401 g/mol. The number of thiazole rings is 1. The highest BCUT2D eigenvalue weighted by Crippen LogP contribution is 2.23. The molecule has 0 bridgehead atoms. The summed E-state index contributed by atoms with van der Waals surface area (Å²) in [6, 6.07) is 15.6. The van der Waals surface area contributed by atoms with Crippen LogP contribution < -0.4 is 5.32 Å². The van der Waals surface area contributed by atoms with E-state index in [1.54, 1.807) is 12.3 Å². The minimum Gasteiger partial charge on any atom is -0.298 e. The Balaban J connectivity index is 1.48. The predicted molar refractivity (Wildman–Crippen MR) is 116 cm³/mol. The van der Waals surface area contributed by atoms with Gasteiger partial charge in [-0.25, -0.2) is 9.67 Å². The van der Waals surface area contributed by atoms with Crippen LogP contribution in [-0.4, -0.2) is 25.7 Å². The lowest BCUT2D eigenvalue weighted by atomic mass is 10.2. The smallest absolute Gasteiger partial charge is 0.250 e. The molecule has 0 atom stereocenters. The fourth-order valence-electron chi connectivity index (χ4n) is 2.99. The van der Waals surface area contributed by atoms with E-state index in [1.165, 1.54) is 17.4 Å². The summed E-state index contributed by atoms with van der Waals surface area (Å²) in [5, 5.41) is 9.81. The Bertz CT molecular complexity index is 1160. The van der Waals surface area contributed by atoms with E-state index in [1.807, 2.05) is 72.4 Å². The van der Waals surface area contributed by atoms with Crippen LogP contribution in [0.2, 0.25) is 0 Å². The largest absolute Gasteiger partial charge is 0.298 e. The molecule has 1 N–H and O–H groups in total. The molecule has 4 rings (SSSR count). The van der Waals surface area contributed by atoms with Gasteiger partial charge in [0.25, 0.3) is 0 Å². The van der Waals surface area contributed by atoms with Crippen molar-refractivity contribution in [2.45, 2.75) is 13.8 Å². The topological polar surface area (TPSA) is 72.7 Å². The third kappa shape index (κ3) is 4.14. The number of aryl methyl sites for hydroxylation is 1. The molecule has 0 unspecified atom stereocenters. The second-order valence-electron chi connectivity index (χ2n) is 6.41. The summed E-state index contributed by atoms with van der Waals surface area (Å²) in [6.45, 7) is 3.93. The van der Waals surface area contributed by atoms with Gasteiger partial charge in [0.15, 0.2) is 5.13 Å². The quantitative estimate of drug-likeness (QED) is 0.494. The molecule has 0 saturated carbocycles. The molecule has 3 heterocycles. The van der Waals surface area contributed by atoms with Crippen LogP contribution in [0.25, 0.3) is 23.2 Å². The molecule has 144 valence electrons. The number of hydrogen-bond acceptors (Lipinski definition) is 5. The molecule has 0 aliphatic carbocycles. The molecule has 4 aromatic rings. The van der Waals surface area contributed by atoms with E-state index in [-0.39, 0.29) is 5.91 Å². The van der Waals surface area contributed by atoms with Crippen LogP contribution in [0.5, 0.6) is 0 Å². The molecule has 1 aromatic carbocycles. The number of rotatable bonds is 5. The van der Waals surface area contributed by atoms with Crippen LogP contribution in [0.4, 0.5) is 5.13 Å². The molecule has 0 radical (unpaired) electrons. The van der Waals surface area contributed by atoms with E-state index in [4.69, 9.17) is 0 Å². The summed E-state index contributed by atoms with van der Waals surface area (Å²) >= 11 is 1.37. The Morgan fingerprint density at radius 2 is 1.86 bits per heavy atom. The van der Waals surface area contributed by atoms with Crippen molar-refractivity contribution < 1.29 is 4.79 Å². The summed E-state index contributed by atoms with van der Waals surface area (Å²) in [5.74, 6) is -0.238. The Labute approximate surface area is 172 Å². The number of nitrogens with zero attached hydrogens (tertiary/aromatic N) is 4. The van der Waals surface area contributed by atoms with Crippen LogP contribution in [0.15, 0.2) is 66.2 Å². The molecule has 3 aromatic heterocycles. The zero-order valence-corrected chi connectivity index (χ0v) is 16.9. The van der Waals surface area contributed by atoms with Gasteiger partial charge in [0, 0.05) is 28.9 Å². The van der Waals surface area contributed by atoms with E-state index in [9.17, 15) is 4.79 Å². The summed E-state index contributed by atoms with van der Waals surface area (Å²) in [6.07, 6.45) is 5.02. The van der Waals surface area contributed by atoms with Gasteiger partial charge in [-0.15, -0.1) is 11.3 Å². The lowest BCUT2D eigenvalue weighted by Crippen LogP contribution is -2.07. The van der Waals surface area contributed by atoms with Crippen molar-refractivity contribution in [3.63, 3.8) is 0 Å². The summed E-state index contributed by atoms with van der Waals surface area (Å²) < 4.78 is 1.88. The number of carbonyl (C=O) groups excluding carboxylic acids is 1. The molecule has 6 nitrogen and oxygen atoms in total. The van der Waals surface area contributed by atoms with Crippen LogP contribution in [0.3, 0.4) is 0 Å². The van der Waals surface area contributed by atoms with Gasteiger partial charge in [0.05, 0.1) is 17.1 Å². The third-order valence-electron chi connectivity index (χ3n) is 4.41. The van der Waals surface area contributed by atoms with Crippen molar-refractivity contribution in [1.29, 1.82) is 0 Å². The monoisotopic (exact) mass is 401 g/mol. The number of nitrogens with one attached hydrogen (secondary N) is 1. The van der Waals surface area contributed by atoms with E-state index in [2.05, 4.69) is 20.4 Å². The van der Waals surface area contributed by atoms with Crippen molar-refractivity contribution in [2.24, 2.45) is 0 Å². The van der Waals surface area contributed by atoms with Crippen molar-refractivity contribution >= 4 is 28.5 Å². The molecular weight excluding hydrogens is 382 g/mol. The molecule has 29 heavy (non-hydrogen) atoms. The van der Waals surface area contributed by atoms with Gasteiger partial charge < -0.3 is 0 Å². The number of carbonyl (C=O) groups is 1. The first-order valence-electron chi connectivity index (χ1n) is 9.09. The maximum atomic E-state index is 12.4. The fraction of sp³-hybridized carbons (Fsp3) is 0.0909. The highest BCUT2D eigenvalue weighted by atomic mass is 32.1. The zero-order valence-electron chi connectivity index (χ0n) is 16.0. The van der Waals surface area contributed by atoms with Crippen LogP contribution in [0.1, 0.15) is 17.0 Å². The van der Waals surface area contributed by atoms with Crippen molar-refractivity contribution in [2.75, 3.05) is 5.32 Å². The Morgan fingerprint density at radius 1 is 1.07 bits per heavy atom. The molecule has 7 heteroatoms. The predicted octanol–water partition coefficient (Wildman–Crippen LogP) is 4.66. The molecule has 0 spiro atoms. The second kappa shape index (κ2) is 8.20. The van der Waals surface area contributed by atoms with E-state index >= 15 is 0 Å². The number of benzene rings is 1. The number of anilines is 1. The highest BCUT2D eigenvalue weighted by molar-refractivity contribution is 7.14. The normalized spacial score (nSPS) is 11.1. The molecule has 0 saturated heterocycles. The molecule has 0 aliphatic heterocycles. The van der Waals surface area contributed by atoms with Crippen molar-refractivity contribution in [3.8, 4) is 17.1 Å². The fourth-order valence-corrected chi connectivity index (χ4v) is 3.69. The van der Waals surface area contributed by atoms with Gasteiger partial charge in [-0.1, -0.05) is 24.3 Å². The van der Waals surface area contributed by atoms with Crippen LogP contribution >= 0.6 is 11.3 Å². The highest BCUT2D eigenvalue weighted by Gasteiger charge is 2.11. The van der Waals surface area contributed by atoms with Gasteiger partial charge in [-0.2, -0.15) is 5.10 Å². The van der Waals surface area contributed by atoms with Gasteiger partial charge in [0.2, 0.25) is 5.91 Å². The minimum absolute atomic E-state index is 0.238. The van der Waals surface area contributed by atoms with Crippen LogP contribution in [-0.2, 0) is 4.79 Å². The second-order valence-corrected chi connectivity index (χ2v) is 7.27. The molecule has 1 amide bonds. The maximum Gasteiger partial charge on any atom is 0.250 e.